The zero-order valence-electron chi connectivity index (χ0n) is 44.6. The molecule has 0 radical (unpaired) electrons. The number of anilines is 1. The second-order valence-electron chi connectivity index (χ2n) is 22.8. The van der Waals surface area contributed by atoms with Gasteiger partial charge in [0.2, 0.25) is 24.1 Å². The van der Waals surface area contributed by atoms with Crippen LogP contribution in [0.3, 0.4) is 0 Å². The Labute approximate surface area is 454 Å². The van der Waals surface area contributed by atoms with Crippen LogP contribution in [0.2, 0.25) is 5.02 Å². The maximum absolute atomic E-state index is 16.5. The molecule has 3 amide bonds. The van der Waals surface area contributed by atoms with Gasteiger partial charge in [-0.3, -0.25) is 19.1 Å². The number of fused-ring (bicyclic) bond motifs is 2. The Hall–Kier alpha value is -5.85. The smallest absolute Gasteiger partial charge is 0.249 e. The van der Waals surface area contributed by atoms with Gasteiger partial charge in [-0.05, 0) is 124 Å². The molecule has 15 nitrogen and oxygen atoms in total. The van der Waals surface area contributed by atoms with Crippen molar-refractivity contribution >= 4 is 46.0 Å². The minimum atomic E-state index is -1.09. The summed E-state index contributed by atoms with van der Waals surface area (Å²) in [5.41, 5.74) is 7.93. The number of amides is 3. The first-order valence-corrected chi connectivity index (χ1v) is 27.9. The second-order valence-corrected chi connectivity index (χ2v) is 23.2. The van der Waals surface area contributed by atoms with Crippen molar-refractivity contribution in [3.05, 3.63) is 106 Å². The molecule has 1 aromatic heterocycles. The molecular weight excluding hydrogens is 1010 g/mol. The van der Waals surface area contributed by atoms with Crippen LogP contribution in [-0.4, -0.2) is 119 Å². The summed E-state index contributed by atoms with van der Waals surface area (Å²) in [7, 11) is 1.93. The van der Waals surface area contributed by atoms with Gasteiger partial charge < -0.3 is 50.8 Å². The third-order valence-corrected chi connectivity index (χ3v) is 18.2. The highest BCUT2D eigenvalue weighted by atomic mass is 35.5. The fourth-order valence-corrected chi connectivity index (χ4v) is 13.7. The molecule has 3 atom stereocenters. The van der Waals surface area contributed by atoms with Gasteiger partial charge in [-0.15, -0.1) is 0 Å². The van der Waals surface area contributed by atoms with E-state index in [0.29, 0.717) is 49.1 Å². The predicted molar refractivity (Wildman–Crippen MR) is 292 cm³/mol. The van der Waals surface area contributed by atoms with Crippen molar-refractivity contribution in [3.8, 4) is 22.6 Å². The van der Waals surface area contributed by atoms with E-state index in [1.165, 1.54) is 23.8 Å². The van der Waals surface area contributed by atoms with Gasteiger partial charge in [-0.1, -0.05) is 68.8 Å². The average Bonchev–Trinajstić information content (AvgIpc) is 4.10. The van der Waals surface area contributed by atoms with E-state index in [0.717, 1.165) is 101 Å². The molecule has 3 saturated heterocycles. The lowest BCUT2D eigenvalue weighted by molar-refractivity contribution is -0.138. The summed E-state index contributed by atoms with van der Waals surface area (Å²) in [5.74, 6) is -1.56. The molecule has 0 spiro atoms. The van der Waals surface area contributed by atoms with Gasteiger partial charge in [0.15, 0.2) is 17.4 Å². The Morgan fingerprint density at radius 2 is 1.69 bits per heavy atom. The second kappa shape index (κ2) is 22.5. The van der Waals surface area contributed by atoms with E-state index in [-0.39, 0.29) is 75.6 Å². The van der Waals surface area contributed by atoms with Crippen LogP contribution < -0.4 is 30.7 Å². The number of primary amides is 1. The van der Waals surface area contributed by atoms with Gasteiger partial charge in [0.05, 0.1) is 22.7 Å². The average molecular weight is 1080 g/mol. The molecule has 18 heteroatoms. The molecule has 6 N–H and O–H groups in total. The number of aromatic nitrogens is 2. The number of hydrogen-bond acceptors (Lipinski definition) is 11. The third kappa shape index (κ3) is 10.7. The van der Waals surface area contributed by atoms with Crippen LogP contribution in [0.25, 0.3) is 22.0 Å². The van der Waals surface area contributed by atoms with Crippen molar-refractivity contribution < 1.29 is 42.9 Å². The van der Waals surface area contributed by atoms with E-state index in [9.17, 15) is 24.6 Å². The first kappa shape index (κ1) is 54.5. The number of carbonyl (C=O) groups excluding carboxylic acids is 3. The van der Waals surface area contributed by atoms with E-state index < -0.39 is 35.4 Å². The van der Waals surface area contributed by atoms with Gasteiger partial charge >= 0.3 is 0 Å². The van der Waals surface area contributed by atoms with Crippen molar-refractivity contribution in [2.24, 2.45) is 30.0 Å². The number of likely N-dealkylation sites (tertiary alicyclic amines) is 2. The van der Waals surface area contributed by atoms with Gasteiger partial charge in [-0.25, -0.2) is 8.78 Å². The largest absolute Gasteiger partial charge is 0.488 e. The molecule has 77 heavy (non-hydrogen) atoms. The van der Waals surface area contributed by atoms with Gasteiger partial charge in [0.1, 0.15) is 23.8 Å². The molecule has 4 aliphatic heterocycles. The molecule has 0 bridgehead atoms. The number of ether oxygens (including phenoxy) is 2. The normalized spacial score (nSPS) is 23.7. The molecule has 5 heterocycles. The Morgan fingerprint density at radius 1 is 0.961 bits per heavy atom. The number of nitrogens with zero attached hydrogens (tertiary/aromatic N) is 5. The van der Waals surface area contributed by atoms with E-state index in [4.69, 9.17) is 31.9 Å². The molecule has 10 rings (SSSR count). The molecule has 1 unspecified atom stereocenters. The number of aryl methyl sites for hydroxylation is 1. The Balaban J connectivity index is 0.714. The van der Waals surface area contributed by atoms with Crippen molar-refractivity contribution in [2.45, 2.75) is 115 Å². The molecule has 1 aliphatic carbocycles. The molecule has 4 fully saturated rings. The topological polar surface area (TPSA) is 188 Å². The number of nitrogens with two attached hydrogens (primary N) is 1. The zero-order valence-corrected chi connectivity index (χ0v) is 45.4. The number of halogens is 3. The molecule has 1 saturated carbocycles. The number of piperidine rings is 2. The first-order valence-electron chi connectivity index (χ1n) is 27.6. The van der Waals surface area contributed by atoms with Crippen molar-refractivity contribution in [1.82, 2.24) is 30.2 Å². The molecular formula is C59H73ClF2N8O7. The van der Waals surface area contributed by atoms with Crippen LogP contribution in [0, 0.1) is 28.9 Å². The van der Waals surface area contributed by atoms with Crippen LogP contribution in [0.4, 0.5) is 14.6 Å². The number of nitrogens with one attached hydrogen (secondary N) is 2. The summed E-state index contributed by atoms with van der Waals surface area (Å²) in [6, 6.07) is 20.2. The highest BCUT2D eigenvalue weighted by Crippen LogP contribution is 2.58. The summed E-state index contributed by atoms with van der Waals surface area (Å²) >= 11 is 6.74. The highest BCUT2D eigenvalue weighted by Gasteiger charge is 2.50. The zero-order chi connectivity index (χ0) is 54.3. The number of benzene rings is 4. The quantitative estimate of drug-likeness (QED) is 0.0640. The fourth-order valence-electron chi connectivity index (χ4n) is 13.5. The third-order valence-electron chi connectivity index (χ3n) is 17.8. The Bertz CT molecular complexity index is 2990. The first-order chi connectivity index (χ1) is 37.0. The SMILES string of the molecule is C[C@H]1c2c(cc(F)c(Cl)c2-c2c(C(N)=O)ccc(OCCO)c2F)O[C@]1(CCNC1CCC(C(=O)N2CCC(C(C)(C)CN3CCC(c4ccc5c(N6CCC(=O)NC6O)nn(C)c5c4)CC3)CC2)CC1)c1ccccc1. The number of carbonyl (C=O) groups is 3. The van der Waals surface area contributed by atoms with E-state index in [2.05, 4.69) is 52.5 Å². The van der Waals surface area contributed by atoms with Crippen molar-refractivity contribution in [3.63, 3.8) is 0 Å². The molecule has 5 aliphatic rings. The lowest BCUT2D eigenvalue weighted by Gasteiger charge is -2.45. The van der Waals surface area contributed by atoms with Crippen LogP contribution >= 0.6 is 11.6 Å². The highest BCUT2D eigenvalue weighted by molar-refractivity contribution is 6.34. The number of hydrogen-bond donors (Lipinski definition) is 5. The van der Waals surface area contributed by atoms with E-state index in [1.807, 2.05) is 49.0 Å². The summed E-state index contributed by atoms with van der Waals surface area (Å²) in [5, 5.41) is 31.6. The number of aliphatic hydroxyl groups is 2. The lowest BCUT2D eigenvalue weighted by Crippen LogP contribution is -2.54. The standard InChI is InChI=1S/C59H73ClF2N8O7/c1-35-49-47(33-44(61)52(60)51(49)50-43(54(63)73)16-17-46(53(50)62)76-31-30-71)77-59(35,40-8-6-5-7-9-40)23-24-64-41-13-10-37(11-14-41)56(74)69-27-20-39(21-28-69)58(2,3)34-68-25-18-36(19-26-68)38-12-15-42-45(32-38)67(4)66-55(42)70-29-22-48(72)65-57(70)75/h5-9,12,15-17,32-33,35-37,39,41,57,64,71,75H,10-11,13-14,18-31,34H2,1-4H3,(H2,63,73)(H,65,72)/t35-,37?,41?,57?,59-/m0/s1. The minimum absolute atomic E-state index is 0.00832. The predicted octanol–water partition coefficient (Wildman–Crippen LogP) is 8.32. The Kier molecular flexibility index (Phi) is 15.9. The molecule has 412 valence electrons. The summed E-state index contributed by atoms with van der Waals surface area (Å²) in [6.07, 6.45) is 7.14. The van der Waals surface area contributed by atoms with Gasteiger partial charge in [-0.2, -0.15) is 5.10 Å². The van der Waals surface area contributed by atoms with Crippen LogP contribution in [0.1, 0.15) is 124 Å². The molecule has 4 aromatic carbocycles. The molecule has 5 aromatic rings. The van der Waals surface area contributed by atoms with Crippen LogP contribution in [0.5, 0.6) is 11.5 Å². The van der Waals surface area contributed by atoms with E-state index >= 15 is 8.78 Å². The summed E-state index contributed by atoms with van der Waals surface area (Å²) < 4.78 is 46.5. The summed E-state index contributed by atoms with van der Waals surface area (Å²) in [4.78, 5) is 45.2. The van der Waals surface area contributed by atoms with Crippen LogP contribution in [-0.2, 0) is 22.2 Å². The maximum atomic E-state index is 16.5. The van der Waals surface area contributed by atoms with Crippen molar-refractivity contribution in [1.29, 1.82) is 0 Å². The van der Waals surface area contributed by atoms with Crippen molar-refractivity contribution in [2.75, 3.05) is 63.9 Å². The van der Waals surface area contributed by atoms with Crippen LogP contribution in [0.15, 0.2) is 66.7 Å². The number of aliphatic hydroxyl groups excluding tert-OH is 2. The lowest BCUT2D eigenvalue weighted by atomic mass is 9.72. The minimum Gasteiger partial charge on any atom is -0.488 e. The monoisotopic (exact) mass is 1080 g/mol. The van der Waals surface area contributed by atoms with Gasteiger partial charge in [0.25, 0.3) is 0 Å². The van der Waals surface area contributed by atoms with E-state index in [1.54, 1.807) is 4.90 Å². The Morgan fingerprint density at radius 3 is 2.38 bits per heavy atom. The number of rotatable bonds is 16. The fraction of sp³-hybridized carbons (Fsp3) is 0.525. The maximum Gasteiger partial charge on any atom is 0.249 e. The summed E-state index contributed by atoms with van der Waals surface area (Å²) in [6.45, 7) is 11.8. The van der Waals surface area contributed by atoms with Gasteiger partial charge in [0, 0.05) is 92.1 Å².